The van der Waals surface area contributed by atoms with Crippen molar-refractivity contribution in [3.8, 4) is 11.5 Å². The van der Waals surface area contributed by atoms with Crippen molar-refractivity contribution in [2.45, 2.75) is 18.7 Å². The standard InChI is InChI=1S/C25H22N2O5/c1-31-20-14-17(12-13-19(20)28)22-21-23(32-27(22)18-10-6-3-7-11-18)25(30)26(24(21)29)15-16-8-4-2-5-9-16/h2-14,21-23,28H,15H2,1H3/t21-,22-,23+/m0/s1. The van der Waals surface area contributed by atoms with Crippen LogP contribution in [0.5, 0.6) is 11.5 Å². The van der Waals surface area contributed by atoms with Crippen molar-refractivity contribution in [2.24, 2.45) is 5.92 Å². The summed E-state index contributed by atoms with van der Waals surface area (Å²) in [6, 6.07) is 23.1. The molecule has 7 heteroatoms. The first-order valence-electron chi connectivity index (χ1n) is 10.4. The molecule has 0 saturated carbocycles. The van der Waals surface area contributed by atoms with Crippen molar-refractivity contribution >= 4 is 17.5 Å². The molecule has 3 aromatic rings. The quantitative estimate of drug-likeness (QED) is 0.625. The zero-order valence-electron chi connectivity index (χ0n) is 17.4. The fraction of sp³-hybridized carbons (Fsp3) is 0.200. The Bertz CT molecular complexity index is 1150. The van der Waals surface area contributed by atoms with Crippen LogP contribution in [-0.2, 0) is 21.0 Å². The van der Waals surface area contributed by atoms with Crippen LogP contribution in [0.4, 0.5) is 5.69 Å². The van der Waals surface area contributed by atoms with Crippen LogP contribution >= 0.6 is 0 Å². The van der Waals surface area contributed by atoms with Gasteiger partial charge in [0, 0.05) is 0 Å². The molecule has 0 aromatic heterocycles. The van der Waals surface area contributed by atoms with Gasteiger partial charge in [0.1, 0.15) is 5.92 Å². The van der Waals surface area contributed by atoms with E-state index in [9.17, 15) is 14.7 Å². The Morgan fingerprint density at radius 3 is 2.31 bits per heavy atom. The third-order valence-corrected chi connectivity index (χ3v) is 5.95. The maximum atomic E-state index is 13.5. The lowest BCUT2D eigenvalue weighted by atomic mass is 9.90. The molecular formula is C25H22N2O5. The predicted molar refractivity (Wildman–Crippen MR) is 117 cm³/mol. The minimum Gasteiger partial charge on any atom is -0.504 e. The van der Waals surface area contributed by atoms with Gasteiger partial charge in [-0.1, -0.05) is 54.6 Å². The average Bonchev–Trinajstić information content (AvgIpc) is 3.33. The molecule has 7 nitrogen and oxygen atoms in total. The smallest absolute Gasteiger partial charge is 0.262 e. The summed E-state index contributed by atoms with van der Waals surface area (Å²) in [5, 5.41) is 11.7. The number of benzene rings is 3. The van der Waals surface area contributed by atoms with Crippen molar-refractivity contribution in [3.63, 3.8) is 0 Å². The van der Waals surface area contributed by atoms with E-state index >= 15 is 0 Å². The Hall–Kier alpha value is -3.84. The number of hydrogen-bond acceptors (Lipinski definition) is 6. The topological polar surface area (TPSA) is 79.3 Å². The molecule has 0 unspecified atom stereocenters. The molecule has 162 valence electrons. The highest BCUT2D eigenvalue weighted by atomic mass is 16.7. The fourth-order valence-corrected chi connectivity index (χ4v) is 4.41. The number of ether oxygens (including phenoxy) is 1. The van der Waals surface area contributed by atoms with E-state index in [-0.39, 0.29) is 29.9 Å². The Kier molecular flexibility index (Phi) is 5.03. The second kappa shape index (κ2) is 8.01. The molecule has 2 heterocycles. The highest BCUT2D eigenvalue weighted by Gasteiger charge is 2.59. The maximum Gasteiger partial charge on any atom is 0.262 e. The number of carbonyl (C=O) groups excluding carboxylic acids is 2. The zero-order chi connectivity index (χ0) is 22.2. The first kappa shape index (κ1) is 20.1. The molecular weight excluding hydrogens is 408 g/mol. The first-order chi connectivity index (χ1) is 15.6. The van der Waals surface area contributed by atoms with Gasteiger partial charge in [-0.3, -0.25) is 19.3 Å². The lowest BCUT2D eigenvalue weighted by Crippen LogP contribution is -2.36. The third kappa shape index (κ3) is 3.27. The number of nitrogens with zero attached hydrogens (tertiary/aromatic N) is 2. The molecule has 2 fully saturated rings. The summed E-state index contributed by atoms with van der Waals surface area (Å²) in [4.78, 5) is 34.1. The van der Waals surface area contributed by atoms with Crippen LogP contribution in [0, 0.1) is 5.92 Å². The monoisotopic (exact) mass is 430 g/mol. The van der Waals surface area contributed by atoms with Crippen LogP contribution in [0.1, 0.15) is 17.2 Å². The minimum absolute atomic E-state index is 0.00231. The van der Waals surface area contributed by atoms with Gasteiger partial charge in [-0.2, -0.15) is 0 Å². The van der Waals surface area contributed by atoms with Crippen LogP contribution in [-0.4, -0.2) is 35.0 Å². The molecule has 2 aliphatic rings. The number of phenols is 1. The number of rotatable bonds is 5. The van der Waals surface area contributed by atoms with E-state index in [2.05, 4.69) is 0 Å². The van der Waals surface area contributed by atoms with Gasteiger partial charge in [0.05, 0.1) is 25.4 Å². The number of carbonyl (C=O) groups is 2. The van der Waals surface area contributed by atoms with E-state index in [0.29, 0.717) is 5.56 Å². The highest BCUT2D eigenvalue weighted by molar-refractivity contribution is 6.07. The number of phenolic OH excluding ortho intramolecular Hbond substituents is 1. The Balaban J connectivity index is 1.55. The number of anilines is 1. The SMILES string of the molecule is COc1cc([C@H]2[C@@H]3C(=O)N(Cc4ccccc4)C(=O)[C@@H]3ON2c2ccccc2)ccc1O. The number of imide groups is 1. The number of hydrogen-bond donors (Lipinski definition) is 1. The molecule has 0 aliphatic carbocycles. The van der Waals surface area contributed by atoms with Gasteiger partial charge in [-0.15, -0.1) is 0 Å². The first-order valence-corrected chi connectivity index (χ1v) is 10.4. The van der Waals surface area contributed by atoms with Crippen LogP contribution in [0.2, 0.25) is 0 Å². The Morgan fingerprint density at radius 1 is 0.938 bits per heavy atom. The number of fused-ring (bicyclic) bond motifs is 1. The number of amides is 2. The maximum absolute atomic E-state index is 13.5. The molecule has 2 amide bonds. The Labute approximate surface area is 185 Å². The second-order valence-electron chi connectivity index (χ2n) is 7.84. The van der Waals surface area contributed by atoms with E-state index in [0.717, 1.165) is 11.3 Å². The molecule has 0 radical (unpaired) electrons. The van der Waals surface area contributed by atoms with Gasteiger partial charge in [0.15, 0.2) is 17.6 Å². The summed E-state index contributed by atoms with van der Waals surface area (Å²) in [5.41, 5.74) is 2.31. The zero-order valence-corrected chi connectivity index (χ0v) is 17.4. The van der Waals surface area contributed by atoms with Crippen molar-refractivity contribution in [1.82, 2.24) is 4.90 Å². The molecule has 5 rings (SSSR count). The summed E-state index contributed by atoms with van der Waals surface area (Å²) in [6.07, 6.45) is -0.920. The van der Waals surface area contributed by atoms with Crippen molar-refractivity contribution in [2.75, 3.05) is 12.2 Å². The molecule has 2 saturated heterocycles. The fourth-order valence-electron chi connectivity index (χ4n) is 4.41. The molecule has 0 bridgehead atoms. The summed E-state index contributed by atoms with van der Waals surface area (Å²) in [7, 11) is 1.47. The van der Waals surface area contributed by atoms with Crippen molar-refractivity contribution in [1.29, 1.82) is 0 Å². The highest BCUT2D eigenvalue weighted by Crippen LogP contribution is 2.48. The van der Waals surface area contributed by atoms with E-state index in [1.165, 1.54) is 18.1 Å². The van der Waals surface area contributed by atoms with Crippen molar-refractivity contribution < 1.29 is 24.3 Å². The number of methoxy groups -OCH3 is 1. The summed E-state index contributed by atoms with van der Waals surface area (Å²) < 4.78 is 5.27. The van der Waals surface area contributed by atoms with E-state index in [1.807, 2.05) is 60.7 Å². The second-order valence-corrected chi connectivity index (χ2v) is 7.84. The number of hydroxylamine groups is 1. The van der Waals surface area contributed by atoms with E-state index in [4.69, 9.17) is 9.57 Å². The normalized spacial score (nSPS) is 22.3. The molecule has 1 N–H and O–H groups in total. The van der Waals surface area contributed by atoms with Crippen LogP contribution in [0.15, 0.2) is 78.9 Å². The van der Waals surface area contributed by atoms with E-state index < -0.39 is 18.1 Å². The lowest BCUT2D eigenvalue weighted by Gasteiger charge is -2.29. The van der Waals surface area contributed by atoms with Crippen LogP contribution in [0.25, 0.3) is 0 Å². The Morgan fingerprint density at radius 2 is 1.62 bits per heavy atom. The lowest BCUT2D eigenvalue weighted by molar-refractivity contribution is -0.143. The van der Waals surface area contributed by atoms with Crippen LogP contribution in [0.3, 0.4) is 0 Å². The number of para-hydroxylation sites is 1. The molecule has 3 aromatic carbocycles. The van der Waals surface area contributed by atoms with Gasteiger partial charge >= 0.3 is 0 Å². The molecule has 2 aliphatic heterocycles. The van der Waals surface area contributed by atoms with Crippen LogP contribution < -0.4 is 9.80 Å². The van der Waals surface area contributed by atoms with Crippen molar-refractivity contribution in [3.05, 3.63) is 90.0 Å². The average molecular weight is 430 g/mol. The van der Waals surface area contributed by atoms with Gasteiger partial charge in [-0.25, -0.2) is 5.06 Å². The minimum atomic E-state index is -0.920. The largest absolute Gasteiger partial charge is 0.504 e. The number of aromatic hydroxyl groups is 1. The van der Waals surface area contributed by atoms with Gasteiger partial charge < -0.3 is 9.84 Å². The molecule has 0 spiro atoms. The van der Waals surface area contributed by atoms with Gasteiger partial charge in [-0.05, 0) is 35.4 Å². The summed E-state index contributed by atoms with van der Waals surface area (Å²) >= 11 is 0. The number of likely N-dealkylation sites (tertiary alicyclic amines) is 1. The summed E-state index contributed by atoms with van der Waals surface area (Å²) in [6.45, 7) is 0.200. The van der Waals surface area contributed by atoms with E-state index in [1.54, 1.807) is 17.2 Å². The molecule has 32 heavy (non-hydrogen) atoms. The van der Waals surface area contributed by atoms with Gasteiger partial charge in [0.25, 0.3) is 5.91 Å². The summed E-state index contributed by atoms with van der Waals surface area (Å²) in [5.74, 6) is -1.06. The van der Waals surface area contributed by atoms with Gasteiger partial charge in [0.2, 0.25) is 5.91 Å². The third-order valence-electron chi connectivity index (χ3n) is 5.95. The molecule has 3 atom stereocenters. The predicted octanol–water partition coefficient (Wildman–Crippen LogP) is 3.45.